The maximum absolute atomic E-state index is 14.3. The van der Waals surface area contributed by atoms with E-state index in [4.69, 9.17) is 32.1 Å². The first-order chi connectivity index (χ1) is 14.9. The normalized spacial score (nSPS) is 24.1. The quantitative estimate of drug-likeness (QED) is 0.630. The first kappa shape index (κ1) is 22.0. The topological polar surface area (TPSA) is 60.0 Å². The Balaban J connectivity index is 1.77. The van der Waals surface area contributed by atoms with Crippen LogP contribution in [0.15, 0.2) is 46.4 Å². The second-order valence-electron chi connectivity index (χ2n) is 8.73. The number of nitrogens with zero attached hydrogens (tertiary/aromatic N) is 2. The molecule has 1 aliphatic carbocycles. The zero-order valence-electron chi connectivity index (χ0n) is 18.2. The summed E-state index contributed by atoms with van der Waals surface area (Å²) in [6.07, 6.45) is 2.84. The highest BCUT2D eigenvalue weighted by Gasteiger charge is 2.31. The molecule has 1 aliphatic heterocycles. The second-order valence-corrected chi connectivity index (χ2v) is 9.14. The van der Waals surface area contributed by atoms with Crippen molar-refractivity contribution in [1.29, 1.82) is 0 Å². The fraction of sp³-hybridized carbons (Fsp3) is 0.440. The smallest absolute Gasteiger partial charge is 0.312 e. The lowest BCUT2D eigenvalue weighted by Gasteiger charge is -2.30. The number of halogens is 2. The van der Waals surface area contributed by atoms with Crippen molar-refractivity contribution in [2.24, 2.45) is 27.6 Å². The van der Waals surface area contributed by atoms with Crippen molar-refractivity contribution >= 4 is 23.3 Å². The van der Waals surface area contributed by atoms with Crippen molar-refractivity contribution in [1.82, 2.24) is 0 Å². The minimum Gasteiger partial charge on any atom is -0.467 e. The molecule has 3 atom stereocenters. The zero-order valence-corrected chi connectivity index (χ0v) is 19.0. The predicted octanol–water partition coefficient (Wildman–Crippen LogP) is 6.02. The maximum Gasteiger partial charge on any atom is 0.312 e. The number of amidine groups is 1. The maximum atomic E-state index is 14.3. The Morgan fingerprint density at radius 2 is 1.90 bits per heavy atom. The van der Waals surface area contributed by atoms with Gasteiger partial charge in [-0.05, 0) is 77.5 Å². The number of ether oxygens (including phenoxy) is 1. The molecule has 2 aromatic carbocycles. The van der Waals surface area contributed by atoms with Gasteiger partial charge in [-0.1, -0.05) is 43.6 Å². The van der Waals surface area contributed by atoms with Crippen molar-refractivity contribution in [3.05, 3.63) is 69.5 Å². The molecule has 1 heterocycles. The van der Waals surface area contributed by atoms with Crippen molar-refractivity contribution in [3.63, 3.8) is 0 Å². The van der Waals surface area contributed by atoms with Crippen LogP contribution in [0.5, 0.6) is 0 Å². The highest BCUT2D eigenvalue weighted by molar-refractivity contribution is 6.31. The van der Waals surface area contributed by atoms with Crippen molar-refractivity contribution < 1.29 is 9.13 Å². The van der Waals surface area contributed by atoms with Gasteiger partial charge in [0.15, 0.2) is 0 Å². The number of rotatable bonds is 4. The molecule has 2 aromatic rings. The number of aliphatic imine (C=N–C) groups is 2. The van der Waals surface area contributed by atoms with Crippen LogP contribution in [0.25, 0.3) is 0 Å². The van der Waals surface area contributed by atoms with Gasteiger partial charge < -0.3 is 10.5 Å². The van der Waals surface area contributed by atoms with Gasteiger partial charge in [0.25, 0.3) is 0 Å². The Kier molecular flexibility index (Phi) is 6.44. The monoisotopic (exact) mass is 441 g/mol. The van der Waals surface area contributed by atoms with E-state index in [1.165, 1.54) is 0 Å². The number of hydrogen-bond donors (Lipinski definition) is 1. The lowest BCUT2D eigenvalue weighted by molar-refractivity contribution is 0.321. The van der Waals surface area contributed by atoms with Crippen LogP contribution < -0.4 is 5.73 Å². The van der Waals surface area contributed by atoms with Crippen LogP contribution in [-0.4, -0.2) is 18.8 Å². The van der Waals surface area contributed by atoms with Crippen molar-refractivity contribution in [2.45, 2.75) is 51.6 Å². The predicted molar refractivity (Wildman–Crippen MR) is 124 cm³/mol. The summed E-state index contributed by atoms with van der Waals surface area (Å²) in [6.45, 7) is 4.82. The fourth-order valence-corrected chi connectivity index (χ4v) is 4.47. The van der Waals surface area contributed by atoms with E-state index in [2.05, 4.69) is 13.8 Å². The molecule has 164 valence electrons. The van der Waals surface area contributed by atoms with Gasteiger partial charge >= 0.3 is 6.02 Å². The first-order valence-electron chi connectivity index (χ1n) is 10.9. The van der Waals surface area contributed by atoms with Crippen LogP contribution in [0.3, 0.4) is 0 Å². The average molecular weight is 442 g/mol. The molecule has 4 nitrogen and oxygen atoms in total. The summed E-state index contributed by atoms with van der Waals surface area (Å²) < 4.78 is 19.8. The molecule has 1 fully saturated rings. The Labute approximate surface area is 188 Å². The zero-order chi connectivity index (χ0) is 22.1. The highest BCUT2D eigenvalue weighted by Crippen LogP contribution is 2.42. The third-order valence-corrected chi connectivity index (χ3v) is 6.88. The van der Waals surface area contributed by atoms with E-state index >= 15 is 0 Å². The summed E-state index contributed by atoms with van der Waals surface area (Å²) in [5.74, 6) is 0.666. The van der Waals surface area contributed by atoms with Crippen molar-refractivity contribution in [3.8, 4) is 0 Å². The molecule has 0 saturated heterocycles. The average Bonchev–Trinajstić information content (AvgIpc) is 3.60. The first-order valence-corrected chi connectivity index (χ1v) is 11.3. The third kappa shape index (κ3) is 4.68. The fourth-order valence-electron chi connectivity index (χ4n) is 4.24. The van der Waals surface area contributed by atoms with Gasteiger partial charge in [0, 0.05) is 11.6 Å². The molecular weight excluding hydrogens is 413 g/mol. The Morgan fingerprint density at radius 3 is 2.58 bits per heavy atom. The highest BCUT2D eigenvalue weighted by atomic mass is 35.5. The number of hydrogen-bond acceptors (Lipinski definition) is 4. The molecule has 2 unspecified atom stereocenters. The van der Waals surface area contributed by atoms with Gasteiger partial charge in [-0.15, -0.1) is 0 Å². The van der Waals surface area contributed by atoms with Gasteiger partial charge in [-0.3, -0.25) is 0 Å². The molecule has 0 spiro atoms. The standard InChI is InChI=1S/C25H29ClFN3O/c1-14-10-23(18-7-9-22(27)19(12-18)17-5-6-17)29-25(31-3)30-24(15(14)2)20-11-16(13-28)4-8-21(20)26/h4,7-9,11-12,14-15,17,24H,5-6,10,13,28H2,1-3H3/t14-,15?,24?/m1/s1. The van der Waals surface area contributed by atoms with Crippen LogP contribution in [0.4, 0.5) is 4.39 Å². The summed E-state index contributed by atoms with van der Waals surface area (Å²) in [7, 11) is 1.57. The molecule has 31 heavy (non-hydrogen) atoms. The van der Waals surface area contributed by atoms with E-state index in [0.717, 1.165) is 47.2 Å². The van der Waals surface area contributed by atoms with Crippen LogP contribution in [-0.2, 0) is 11.3 Å². The lowest BCUT2D eigenvalue weighted by Crippen LogP contribution is -2.24. The van der Waals surface area contributed by atoms with Gasteiger partial charge in [-0.2, -0.15) is 0 Å². The molecule has 0 aromatic heterocycles. The second kappa shape index (κ2) is 9.09. The van der Waals surface area contributed by atoms with E-state index < -0.39 is 0 Å². The summed E-state index contributed by atoms with van der Waals surface area (Å²) in [6, 6.07) is 11.3. The molecule has 2 aliphatic rings. The Hall–Kier alpha value is -2.24. The Bertz CT molecular complexity index is 1030. The molecular formula is C25H29ClFN3O. The van der Waals surface area contributed by atoms with Gasteiger partial charge in [0.1, 0.15) is 5.82 Å². The number of methoxy groups -OCH3 is 1. The molecule has 6 heteroatoms. The van der Waals surface area contributed by atoms with E-state index in [9.17, 15) is 4.39 Å². The number of nitrogens with two attached hydrogens (primary N) is 1. The molecule has 4 rings (SSSR count). The summed E-state index contributed by atoms with van der Waals surface area (Å²) in [5, 5.41) is 0.665. The van der Waals surface area contributed by atoms with Crippen LogP contribution >= 0.6 is 11.6 Å². The van der Waals surface area contributed by atoms with Gasteiger partial charge in [0.05, 0.1) is 18.9 Å². The SMILES string of the molecule is COC1=NC(c2cc(CN)ccc2Cl)C(C)[C@H](C)CC(c2ccc(F)c(C3CC3)c2)=N1. The largest absolute Gasteiger partial charge is 0.467 e. The van der Waals surface area contributed by atoms with Crippen LogP contribution in [0.2, 0.25) is 5.02 Å². The summed E-state index contributed by atoms with van der Waals surface area (Å²) >= 11 is 6.55. The summed E-state index contributed by atoms with van der Waals surface area (Å²) in [4.78, 5) is 9.62. The number of benzene rings is 2. The molecule has 0 radical (unpaired) electrons. The minimum absolute atomic E-state index is 0.130. The molecule has 0 bridgehead atoms. The molecule has 2 N–H and O–H groups in total. The minimum atomic E-state index is -0.190. The van der Waals surface area contributed by atoms with Gasteiger partial charge in [-0.25, -0.2) is 14.4 Å². The third-order valence-electron chi connectivity index (χ3n) is 6.53. The van der Waals surface area contributed by atoms with E-state index in [-0.39, 0.29) is 23.7 Å². The van der Waals surface area contributed by atoms with E-state index in [0.29, 0.717) is 23.5 Å². The lowest BCUT2D eigenvalue weighted by atomic mass is 9.81. The van der Waals surface area contributed by atoms with E-state index in [1.807, 2.05) is 30.3 Å². The van der Waals surface area contributed by atoms with Crippen LogP contribution in [0.1, 0.15) is 67.3 Å². The Morgan fingerprint density at radius 1 is 1.13 bits per heavy atom. The summed E-state index contributed by atoms with van der Waals surface area (Å²) in [5.41, 5.74) is 10.4. The van der Waals surface area contributed by atoms with Gasteiger partial charge in [0.2, 0.25) is 0 Å². The van der Waals surface area contributed by atoms with Crippen LogP contribution in [0, 0.1) is 17.7 Å². The molecule has 0 amide bonds. The van der Waals surface area contributed by atoms with Crippen molar-refractivity contribution in [2.75, 3.05) is 7.11 Å². The molecule has 1 saturated carbocycles. The van der Waals surface area contributed by atoms with E-state index in [1.54, 1.807) is 13.2 Å².